The minimum Gasteiger partial charge on any atom is -0.366 e. The summed E-state index contributed by atoms with van der Waals surface area (Å²) in [7, 11) is 0. The third-order valence-corrected chi connectivity index (χ3v) is 4.08. The lowest BCUT2D eigenvalue weighted by Gasteiger charge is -2.25. The lowest BCUT2D eigenvalue weighted by molar-refractivity contribution is 0.0976. The molecule has 2 aromatic rings. The Hall–Kier alpha value is -3.29. The first-order chi connectivity index (χ1) is 12.5. The predicted molar refractivity (Wildman–Crippen MR) is 101 cm³/mol. The number of pyridine rings is 1. The molecule has 0 fully saturated rings. The van der Waals surface area contributed by atoms with Crippen LogP contribution in [0.5, 0.6) is 0 Å². The van der Waals surface area contributed by atoms with Crippen LogP contribution in [0.2, 0.25) is 0 Å². The van der Waals surface area contributed by atoms with Gasteiger partial charge in [-0.1, -0.05) is 25.3 Å². The molecule has 0 amide bonds. The Morgan fingerprint density at radius 1 is 0.923 bits per heavy atom. The average Bonchev–Trinajstić information content (AvgIpc) is 2.66. The number of carbonyl (C=O) groups excluding carboxylic acids is 2. The van der Waals surface area contributed by atoms with Gasteiger partial charge in [0.2, 0.25) is 5.78 Å². The summed E-state index contributed by atoms with van der Waals surface area (Å²) in [6.07, 6.45) is 3.31. The van der Waals surface area contributed by atoms with E-state index >= 15 is 0 Å². The number of benzene rings is 1. The van der Waals surface area contributed by atoms with Crippen molar-refractivity contribution in [3.63, 3.8) is 0 Å². The van der Waals surface area contributed by atoms with E-state index in [2.05, 4.69) is 28.8 Å². The Morgan fingerprint density at radius 2 is 1.46 bits per heavy atom. The number of nitrogens with two attached hydrogens (primary N) is 2. The molecule has 1 heterocycles. The number of aromatic nitrogens is 1. The van der Waals surface area contributed by atoms with E-state index in [-0.39, 0.29) is 34.0 Å². The maximum Gasteiger partial charge on any atom is 0.215 e. The van der Waals surface area contributed by atoms with Gasteiger partial charge in [0.15, 0.2) is 5.78 Å². The SMILES string of the molecule is C=CC(N)Nc1ccc(NC(N)C=C)c2c1C(=O)c1cccnc1C2=O. The Morgan fingerprint density at radius 3 is 2.00 bits per heavy atom. The average molecular weight is 349 g/mol. The van der Waals surface area contributed by atoms with E-state index < -0.39 is 12.3 Å². The molecule has 6 N–H and O–H groups in total. The van der Waals surface area contributed by atoms with Crippen LogP contribution in [0.4, 0.5) is 11.4 Å². The number of rotatable bonds is 6. The summed E-state index contributed by atoms with van der Waals surface area (Å²) in [5, 5.41) is 5.96. The number of carbonyl (C=O) groups is 2. The van der Waals surface area contributed by atoms with E-state index in [0.717, 1.165) is 0 Å². The standard InChI is InChI=1S/C19H19N5O2/c1-3-13(20)23-11-7-8-12(24-14(21)4-2)16-15(11)18(25)10-6-5-9-22-17(10)19(16)26/h3-9,13-14,23-24H,1-2,20-21H2. The molecule has 1 aromatic heterocycles. The molecular formula is C19H19N5O2. The van der Waals surface area contributed by atoms with Gasteiger partial charge in [-0.2, -0.15) is 0 Å². The highest BCUT2D eigenvalue weighted by atomic mass is 16.1. The molecule has 1 aliphatic rings. The summed E-state index contributed by atoms with van der Waals surface area (Å²) in [4.78, 5) is 30.2. The summed E-state index contributed by atoms with van der Waals surface area (Å²) >= 11 is 0. The zero-order valence-electron chi connectivity index (χ0n) is 14.0. The number of hydrogen-bond donors (Lipinski definition) is 4. The second-order valence-electron chi connectivity index (χ2n) is 5.78. The lowest BCUT2D eigenvalue weighted by atomic mass is 9.84. The normalized spacial score (nSPS) is 14.7. The van der Waals surface area contributed by atoms with E-state index in [0.29, 0.717) is 11.4 Å². The van der Waals surface area contributed by atoms with Gasteiger partial charge in [0, 0.05) is 17.6 Å². The van der Waals surface area contributed by atoms with Crippen LogP contribution in [0.3, 0.4) is 0 Å². The molecule has 2 atom stereocenters. The van der Waals surface area contributed by atoms with E-state index in [4.69, 9.17) is 11.5 Å². The summed E-state index contributed by atoms with van der Waals surface area (Å²) < 4.78 is 0. The van der Waals surface area contributed by atoms with Gasteiger partial charge in [-0.3, -0.25) is 14.6 Å². The van der Waals surface area contributed by atoms with Crippen molar-refractivity contribution < 1.29 is 9.59 Å². The molecule has 132 valence electrons. The van der Waals surface area contributed by atoms with E-state index in [9.17, 15) is 9.59 Å². The minimum atomic E-state index is -0.582. The highest BCUT2D eigenvalue weighted by molar-refractivity contribution is 6.31. The number of ketones is 2. The maximum absolute atomic E-state index is 13.1. The third kappa shape index (κ3) is 2.90. The van der Waals surface area contributed by atoms with Crippen LogP contribution in [0.15, 0.2) is 55.8 Å². The molecule has 1 aromatic carbocycles. The quantitative estimate of drug-likeness (QED) is 0.394. The molecule has 0 spiro atoms. The molecule has 0 bridgehead atoms. The van der Waals surface area contributed by atoms with Gasteiger partial charge in [0.25, 0.3) is 0 Å². The van der Waals surface area contributed by atoms with E-state index in [1.807, 2.05) is 0 Å². The smallest absolute Gasteiger partial charge is 0.215 e. The molecule has 0 aliphatic heterocycles. The van der Waals surface area contributed by atoms with Crippen molar-refractivity contribution in [2.45, 2.75) is 12.3 Å². The Balaban J connectivity index is 2.23. The molecule has 7 heteroatoms. The summed E-state index contributed by atoms with van der Waals surface area (Å²) in [5.74, 6) is -0.665. The van der Waals surface area contributed by atoms with E-state index in [1.54, 1.807) is 24.3 Å². The number of nitrogens with zero attached hydrogens (tertiary/aromatic N) is 1. The predicted octanol–water partition coefficient (Wildman–Crippen LogP) is 1.62. The van der Waals surface area contributed by atoms with Crippen molar-refractivity contribution in [1.82, 2.24) is 4.98 Å². The molecule has 1 aliphatic carbocycles. The number of hydrogen-bond acceptors (Lipinski definition) is 7. The zero-order valence-corrected chi connectivity index (χ0v) is 14.0. The van der Waals surface area contributed by atoms with Gasteiger partial charge in [0.05, 0.1) is 29.0 Å². The van der Waals surface area contributed by atoms with Crippen LogP contribution in [0, 0.1) is 0 Å². The van der Waals surface area contributed by atoms with Gasteiger partial charge in [-0.25, -0.2) is 0 Å². The monoisotopic (exact) mass is 349 g/mol. The molecule has 26 heavy (non-hydrogen) atoms. The zero-order chi connectivity index (χ0) is 18.8. The van der Waals surface area contributed by atoms with Crippen molar-refractivity contribution in [1.29, 1.82) is 0 Å². The van der Waals surface area contributed by atoms with Gasteiger partial charge in [-0.15, -0.1) is 0 Å². The molecule has 0 saturated carbocycles. The lowest BCUT2D eigenvalue weighted by Crippen LogP contribution is -2.32. The first kappa shape index (κ1) is 17.5. The van der Waals surface area contributed by atoms with Crippen LogP contribution in [0.1, 0.15) is 32.0 Å². The second kappa shape index (κ2) is 6.91. The van der Waals surface area contributed by atoms with Crippen molar-refractivity contribution >= 4 is 22.9 Å². The van der Waals surface area contributed by atoms with Crippen LogP contribution in [-0.2, 0) is 0 Å². The Bertz CT molecular complexity index is 848. The topological polar surface area (TPSA) is 123 Å². The number of fused-ring (bicyclic) bond motifs is 2. The van der Waals surface area contributed by atoms with Gasteiger partial charge in [0.1, 0.15) is 5.69 Å². The first-order valence-corrected chi connectivity index (χ1v) is 7.98. The van der Waals surface area contributed by atoms with Crippen molar-refractivity contribution in [2.75, 3.05) is 10.6 Å². The molecule has 0 saturated heterocycles. The molecule has 0 radical (unpaired) electrons. The van der Waals surface area contributed by atoms with E-state index in [1.165, 1.54) is 18.3 Å². The Labute approximate surface area is 150 Å². The molecule has 7 nitrogen and oxygen atoms in total. The highest BCUT2D eigenvalue weighted by Gasteiger charge is 2.35. The van der Waals surface area contributed by atoms with Crippen LogP contribution in [-0.4, -0.2) is 28.9 Å². The van der Waals surface area contributed by atoms with Crippen molar-refractivity contribution in [2.24, 2.45) is 11.5 Å². The molecular weight excluding hydrogens is 330 g/mol. The fourth-order valence-corrected chi connectivity index (χ4v) is 2.81. The maximum atomic E-state index is 13.1. The third-order valence-electron chi connectivity index (χ3n) is 4.08. The number of nitrogens with one attached hydrogen (secondary N) is 2. The molecule has 2 unspecified atom stereocenters. The largest absolute Gasteiger partial charge is 0.366 e. The van der Waals surface area contributed by atoms with Gasteiger partial charge >= 0.3 is 0 Å². The number of anilines is 2. The van der Waals surface area contributed by atoms with Crippen LogP contribution in [0.25, 0.3) is 0 Å². The van der Waals surface area contributed by atoms with Gasteiger partial charge in [-0.05, 0) is 24.3 Å². The summed E-state index contributed by atoms with van der Waals surface area (Å²) in [6, 6.07) is 6.54. The highest BCUT2D eigenvalue weighted by Crippen LogP contribution is 2.36. The van der Waals surface area contributed by atoms with Crippen molar-refractivity contribution in [3.05, 3.63) is 78.2 Å². The van der Waals surface area contributed by atoms with Crippen LogP contribution >= 0.6 is 0 Å². The summed E-state index contributed by atoms with van der Waals surface area (Å²) in [5.41, 5.74) is 13.4. The Kier molecular flexibility index (Phi) is 4.66. The second-order valence-corrected chi connectivity index (χ2v) is 5.78. The van der Waals surface area contributed by atoms with Crippen LogP contribution < -0.4 is 22.1 Å². The fourth-order valence-electron chi connectivity index (χ4n) is 2.81. The molecule has 3 rings (SSSR count). The van der Waals surface area contributed by atoms with Crippen molar-refractivity contribution in [3.8, 4) is 0 Å². The fraction of sp³-hybridized carbons (Fsp3) is 0.105. The summed E-state index contributed by atoms with van der Waals surface area (Å²) in [6.45, 7) is 7.23. The first-order valence-electron chi connectivity index (χ1n) is 7.98. The van der Waals surface area contributed by atoms with Gasteiger partial charge < -0.3 is 22.1 Å². The minimum absolute atomic E-state index is 0.116.